The van der Waals surface area contributed by atoms with Gasteiger partial charge in [0.1, 0.15) is 11.5 Å². The Balaban J connectivity index is 1.74. The molecule has 0 spiro atoms. The van der Waals surface area contributed by atoms with Gasteiger partial charge in [0.25, 0.3) is 0 Å². The van der Waals surface area contributed by atoms with E-state index in [4.69, 9.17) is 21.3 Å². The number of ether oxygens (including phenoxy) is 1. The number of carbonyl (C=O) groups excluding carboxylic acids is 1. The molecule has 0 fully saturated rings. The summed E-state index contributed by atoms with van der Waals surface area (Å²) >= 11 is 5.57. The number of nitrogens with zero attached hydrogens (tertiary/aromatic N) is 4. The molecule has 0 radical (unpaired) electrons. The second kappa shape index (κ2) is 11.8. The maximum absolute atomic E-state index is 12.2. The predicted molar refractivity (Wildman–Crippen MR) is 156 cm³/mol. The van der Waals surface area contributed by atoms with Gasteiger partial charge < -0.3 is 29.4 Å². The molecule has 38 heavy (non-hydrogen) atoms. The van der Waals surface area contributed by atoms with Gasteiger partial charge in [0.15, 0.2) is 0 Å². The van der Waals surface area contributed by atoms with E-state index in [1.165, 1.54) is 6.08 Å². The highest BCUT2D eigenvalue weighted by Gasteiger charge is 2.19. The molecule has 2 aromatic heterocycles. The van der Waals surface area contributed by atoms with Crippen LogP contribution in [0.4, 0.5) is 23.0 Å². The van der Waals surface area contributed by atoms with Crippen LogP contribution in [0.2, 0.25) is 5.02 Å². The van der Waals surface area contributed by atoms with Crippen molar-refractivity contribution >= 4 is 62.6 Å². The molecule has 2 N–H and O–H groups in total. The van der Waals surface area contributed by atoms with Crippen LogP contribution in [0.3, 0.4) is 0 Å². The molecule has 2 aromatic carbocycles. The van der Waals surface area contributed by atoms with Crippen LogP contribution in [0.15, 0.2) is 61.4 Å². The Morgan fingerprint density at radius 3 is 2.79 bits per heavy atom. The van der Waals surface area contributed by atoms with Crippen LogP contribution in [-0.4, -0.2) is 57.7 Å². The van der Waals surface area contributed by atoms with Crippen LogP contribution in [0.25, 0.3) is 22.2 Å². The van der Waals surface area contributed by atoms with Crippen molar-refractivity contribution in [2.75, 3.05) is 48.2 Å². The Morgan fingerprint density at radius 2 is 2.08 bits per heavy atom. The highest BCUT2D eigenvalue weighted by Crippen LogP contribution is 2.39. The van der Waals surface area contributed by atoms with E-state index in [9.17, 15) is 9.35 Å². The largest absolute Gasteiger partial charge is 0.617 e. The van der Waals surface area contributed by atoms with Gasteiger partial charge in [0.05, 0.1) is 53.9 Å². The van der Waals surface area contributed by atoms with Crippen molar-refractivity contribution in [1.29, 1.82) is 0 Å². The standard InChI is InChI=1S/C27H29ClN6O3S/c1-6-25(35)30-20-13-21(24(37-4)14-23(20)33(2)11-12-38(5)36)31-27-29-15-19(28)26(32-27)18-16-34(3)22-10-8-7-9-17(18)22/h6-10,13-16H,1,11-12H2,2-5H3,(H,30,35)(H,29,31,32). The number of carbonyl (C=O) groups is 1. The van der Waals surface area contributed by atoms with E-state index >= 15 is 0 Å². The number of methoxy groups -OCH3 is 1. The van der Waals surface area contributed by atoms with Crippen molar-refractivity contribution in [3.63, 3.8) is 0 Å². The van der Waals surface area contributed by atoms with Gasteiger partial charge in [-0.1, -0.05) is 47.6 Å². The molecule has 0 bridgehead atoms. The molecule has 0 aliphatic rings. The summed E-state index contributed by atoms with van der Waals surface area (Å²) < 4.78 is 19.3. The lowest BCUT2D eigenvalue weighted by Crippen LogP contribution is -2.26. The number of anilines is 4. The third kappa shape index (κ3) is 5.88. The minimum atomic E-state index is -0.962. The summed E-state index contributed by atoms with van der Waals surface area (Å²) in [6.45, 7) is 4.06. The fraction of sp³-hybridized carbons (Fsp3) is 0.222. The number of nitrogens with one attached hydrogen (secondary N) is 2. The topological polar surface area (TPSA) is 107 Å². The van der Waals surface area contributed by atoms with E-state index in [0.29, 0.717) is 51.8 Å². The monoisotopic (exact) mass is 552 g/mol. The lowest BCUT2D eigenvalue weighted by atomic mass is 10.1. The zero-order valence-corrected chi connectivity index (χ0v) is 23.2. The maximum Gasteiger partial charge on any atom is 0.247 e. The molecule has 1 atom stereocenters. The summed E-state index contributed by atoms with van der Waals surface area (Å²) in [6.07, 6.45) is 6.38. The number of amides is 1. The second-order valence-corrected chi connectivity index (χ2v) is 10.6. The summed E-state index contributed by atoms with van der Waals surface area (Å²) in [4.78, 5) is 23.2. The lowest BCUT2D eigenvalue weighted by Gasteiger charge is -2.24. The molecule has 0 saturated carbocycles. The first-order valence-electron chi connectivity index (χ1n) is 11.7. The van der Waals surface area contributed by atoms with Gasteiger partial charge in [0, 0.05) is 42.8 Å². The number of halogens is 1. The maximum atomic E-state index is 12.2. The van der Waals surface area contributed by atoms with Crippen LogP contribution >= 0.6 is 11.6 Å². The summed E-state index contributed by atoms with van der Waals surface area (Å²) in [5.41, 5.74) is 4.28. The Bertz CT molecular complexity index is 1490. The highest BCUT2D eigenvalue weighted by molar-refractivity contribution is 7.90. The second-order valence-electron chi connectivity index (χ2n) is 8.65. The molecule has 1 unspecified atom stereocenters. The Labute approximate surface area is 229 Å². The SMILES string of the molecule is C=CC(=O)Nc1cc(Nc2ncc(Cl)c(-c3cn(C)c4ccccc34)n2)c(OC)cc1N(C)CC[S+](C)[O-]. The molecule has 2 heterocycles. The quantitative estimate of drug-likeness (QED) is 0.211. The van der Waals surface area contributed by atoms with Crippen molar-refractivity contribution in [3.8, 4) is 17.0 Å². The molecule has 11 heteroatoms. The molecule has 9 nitrogen and oxygen atoms in total. The molecular formula is C27H29ClN6O3S. The van der Waals surface area contributed by atoms with Gasteiger partial charge in [-0.2, -0.15) is 0 Å². The number of rotatable bonds is 10. The average Bonchev–Trinajstić information content (AvgIpc) is 3.24. The first kappa shape index (κ1) is 27.3. The first-order chi connectivity index (χ1) is 18.2. The minimum absolute atomic E-state index is 0.305. The van der Waals surface area contributed by atoms with Gasteiger partial charge in [-0.3, -0.25) is 4.79 Å². The number of benzene rings is 2. The molecule has 198 valence electrons. The summed E-state index contributed by atoms with van der Waals surface area (Å²) in [6, 6.07) is 11.6. The Kier molecular flexibility index (Phi) is 8.45. The summed E-state index contributed by atoms with van der Waals surface area (Å²) in [5.74, 6) is 0.921. The van der Waals surface area contributed by atoms with Crippen LogP contribution in [0.1, 0.15) is 0 Å². The Morgan fingerprint density at radius 1 is 1.32 bits per heavy atom. The lowest BCUT2D eigenvalue weighted by molar-refractivity contribution is -0.111. The smallest absolute Gasteiger partial charge is 0.247 e. The van der Waals surface area contributed by atoms with Crippen molar-refractivity contribution in [2.24, 2.45) is 7.05 Å². The number of hydrogen-bond acceptors (Lipinski definition) is 7. The van der Waals surface area contributed by atoms with E-state index < -0.39 is 11.2 Å². The molecule has 0 aliphatic heterocycles. The highest BCUT2D eigenvalue weighted by atomic mass is 35.5. The predicted octanol–water partition coefficient (Wildman–Crippen LogP) is 4.98. The van der Waals surface area contributed by atoms with E-state index in [0.717, 1.165) is 16.5 Å². The minimum Gasteiger partial charge on any atom is -0.617 e. The van der Waals surface area contributed by atoms with Crippen molar-refractivity contribution in [3.05, 3.63) is 66.5 Å². The van der Waals surface area contributed by atoms with Crippen LogP contribution < -0.4 is 20.3 Å². The van der Waals surface area contributed by atoms with Crippen LogP contribution in [-0.2, 0) is 23.0 Å². The van der Waals surface area contributed by atoms with Crippen molar-refractivity contribution < 1.29 is 14.1 Å². The molecule has 4 rings (SSSR count). The van der Waals surface area contributed by atoms with Crippen molar-refractivity contribution in [1.82, 2.24) is 14.5 Å². The van der Waals surface area contributed by atoms with E-state index in [-0.39, 0.29) is 5.91 Å². The molecular weight excluding hydrogens is 524 g/mol. The fourth-order valence-electron chi connectivity index (χ4n) is 4.09. The van der Waals surface area contributed by atoms with Crippen LogP contribution in [0.5, 0.6) is 5.75 Å². The Hall–Kier alpha value is -3.73. The number of fused-ring (bicyclic) bond motifs is 1. The van der Waals surface area contributed by atoms with E-state index in [1.807, 2.05) is 54.0 Å². The third-order valence-electron chi connectivity index (χ3n) is 6.03. The fourth-order valence-corrected chi connectivity index (χ4v) is 4.81. The van der Waals surface area contributed by atoms with Gasteiger partial charge in [-0.25, -0.2) is 9.97 Å². The zero-order chi connectivity index (χ0) is 27.4. The summed E-state index contributed by atoms with van der Waals surface area (Å²) in [5, 5.41) is 7.49. The molecule has 0 saturated heterocycles. The van der Waals surface area contributed by atoms with Gasteiger partial charge >= 0.3 is 0 Å². The summed E-state index contributed by atoms with van der Waals surface area (Å²) in [7, 11) is 5.38. The number of aryl methyl sites for hydroxylation is 1. The van der Waals surface area contributed by atoms with Gasteiger partial charge in [-0.15, -0.1) is 0 Å². The average molecular weight is 553 g/mol. The van der Waals surface area contributed by atoms with Crippen molar-refractivity contribution in [2.45, 2.75) is 0 Å². The number of aromatic nitrogens is 3. The molecule has 4 aromatic rings. The van der Waals surface area contributed by atoms with Gasteiger partial charge in [-0.05, 0) is 18.2 Å². The van der Waals surface area contributed by atoms with E-state index in [1.54, 1.807) is 31.7 Å². The number of para-hydroxylation sites is 1. The van der Waals surface area contributed by atoms with Crippen LogP contribution in [0, 0.1) is 0 Å². The van der Waals surface area contributed by atoms with Gasteiger partial charge in [0.2, 0.25) is 11.9 Å². The molecule has 0 aliphatic carbocycles. The molecule has 1 amide bonds. The first-order valence-corrected chi connectivity index (χ1v) is 13.8. The van der Waals surface area contributed by atoms with E-state index in [2.05, 4.69) is 22.2 Å². The third-order valence-corrected chi connectivity index (χ3v) is 7.06. The zero-order valence-electron chi connectivity index (χ0n) is 21.6. The normalized spacial score (nSPS) is 11.7. The number of hydrogen-bond donors (Lipinski definition) is 2.